The van der Waals surface area contributed by atoms with Crippen LogP contribution < -0.4 is 19.2 Å². The number of fused-ring (bicyclic) bond motifs is 1. The molecule has 4 rings (SSSR count). The van der Waals surface area contributed by atoms with Crippen LogP contribution in [0.1, 0.15) is 22.8 Å². The Kier molecular flexibility index (Phi) is 5.10. The second-order valence-corrected chi connectivity index (χ2v) is 8.12. The van der Waals surface area contributed by atoms with Crippen LogP contribution in [0.4, 0.5) is 11.5 Å². The Morgan fingerprint density at radius 3 is 2.38 bits per heavy atom. The van der Waals surface area contributed by atoms with Gasteiger partial charge in [-0.2, -0.15) is 0 Å². The third-order valence-electron chi connectivity index (χ3n) is 5.06. The van der Waals surface area contributed by atoms with E-state index in [4.69, 9.17) is 21.1 Å². The lowest BCUT2D eigenvalue weighted by Crippen LogP contribution is -2.34. The molecule has 0 aliphatic carbocycles. The van der Waals surface area contributed by atoms with E-state index in [0.29, 0.717) is 28.0 Å². The molecular formula is C21H19ClN2O4S. The molecule has 1 aromatic heterocycles. The van der Waals surface area contributed by atoms with Crippen LogP contribution in [0.5, 0.6) is 11.5 Å². The van der Waals surface area contributed by atoms with Crippen LogP contribution in [-0.4, -0.2) is 24.7 Å². The molecule has 1 aliphatic heterocycles. The fraction of sp³-hybridized carbons (Fsp3) is 0.238. The first-order valence-electron chi connectivity index (χ1n) is 8.94. The second kappa shape index (κ2) is 7.57. The van der Waals surface area contributed by atoms with Gasteiger partial charge < -0.3 is 9.47 Å². The highest BCUT2D eigenvalue weighted by atomic mass is 35.5. The van der Waals surface area contributed by atoms with Crippen molar-refractivity contribution in [2.75, 3.05) is 19.1 Å². The van der Waals surface area contributed by atoms with E-state index < -0.39 is 0 Å². The van der Waals surface area contributed by atoms with Crippen LogP contribution >= 0.6 is 22.9 Å². The van der Waals surface area contributed by atoms with Crippen LogP contribution in [0.3, 0.4) is 0 Å². The topological polar surface area (TPSA) is 60.8 Å². The number of ether oxygens (including phenoxy) is 2. The molecule has 1 atom stereocenters. The lowest BCUT2D eigenvalue weighted by Gasteiger charge is -2.32. The smallest absolute Gasteiger partial charge is 0.308 e. The minimum Gasteiger partial charge on any atom is -0.493 e. The van der Waals surface area contributed by atoms with E-state index in [0.717, 1.165) is 21.8 Å². The zero-order chi connectivity index (χ0) is 20.7. The minimum absolute atomic E-state index is 0.0898. The van der Waals surface area contributed by atoms with E-state index in [9.17, 15) is 9.59 Å². The van der Waals surface area contributed by atoms with Gasteiger partial charge in [0.05, 0.1) is 24.8 Å². The van der Waals surface area contributed by atoms with Crippen molar-refractivity contribution >= 4 is 40.4 Å². The van der Waals surface area contributed by atoms with Gasteiger partial charge in [-0.15, -0.1) is 0 Å². The van der Waals surface area contributed by atoms with E-state index in [1.807, 2.05) is 18.2 Å². The van der Waals surface area contributed by atoms with Gasteiger partial charge in [0, 0.05) is 24.4 Å². The number of methoxy groups -OCH3 is 2. The predicted molar refractivity (Wildman–Crippen MR) is 114 cm³/mol. The third kappa shape index (κ3) is 3.30. The maximum atomic E-state index is 13.2. The van der Waals surface area contributed by atoms with Crippen molar-refractivity contribution in [1.29, 1.82) is 0 Å². The van der Waals surface area contributed by atoms with Crippen LogP contribution in [0.2, 0.25) is 5.02 Å². The number of amides is 1. The maximum Gasteiger partial charge on any atom is 0.308 e. The standard InChI is InChI=1S/C21H19ClN2O4S/c1-23-20-19(29-21(23)26)15(12-4-9-16(27-2)17(10-12)28-3)11-18(25)24(20)14-7-5-13(22)6-8-14/h4-10,15H,11H2,1-3H3/t15-/m0/s1. The molecule has 8 heteroatoms. The number of rotatable bonds is 4. The Morgan fingerprint density at radius 2 is 1.72 bits per heavy atom. The number of anilines is 2. The number of carbonyl (C=O) groups excluding carboxylic acids is 1. The van der Waals surface area contributed by atoms with E-state index in [-0.39, 0.29) is 23.1 Å². The van der Waals surface area contributed by atoms with E-state index in [1.54, 1.807) is 50.4 Å². The Bertz CT molecular complexity index is 1140. The van der Waals surface area contributed by atoms with Crippen LogP contribution in [0, 0.1) is 0 Å². The zero-order valence-electron chi connectivity index (χ0n) is 16.1. The number of thiazole rings is 1. The predicted octanol–water partition coefficient (Wildman–Crippen LogP) is 4.32. The molecule has 0 fully saturated rings. The van der Waals surface area contributed by atoms with Crippen molar-refractivity contribution in [3.63, 3.8) is 0 Å². The molecule has 0 radical (unpaired) electrons. The fourth-order valence-corrected chi connectivity index (χ4v) is 4.84. The Morgan fingerprint density at radius 1 is 1.03 bits per heavy atom. The quantitative estimate of drug-likeness (QED) is 0.618. The molecule has 2 aromatic carbocycles. The Labute approximate surface area is 176 Å². The SMILES string of the molecule is COc1ccc([C@@H]2CC(=O)N(c3ccc(Cl)cc3)c3c2sc(=O)n3C)cc1OC. The summed E-state index contributed by atoms with van der Waals surface area (Å²) in [5.74, 6) is 1.47. The normalized spacial score (nSPS) is 15.9. The van der Waals surface area contributed by atoms with Gasteiger partial charge in [-0.1, -0.05) is 29.0 Å². The molecule has 1 amide bonds. The van der Waals surface area contributed by atoms with Gasteiger partial charge in [0.15, 0.2) is 11.5 Å². The number of hydrogen-bond acceptors (Lipinski definition) is 5. The molecular weight excluding hydrogens is 412 g/mol. The number of benzene rings is 2. The van der Waals surface area contributed by atoms with Crippen molar-refractivity contribution in [3.05, 3.63) is 67.6 Å². The Hall–Kier alpha value is -2.77. The first-order chi connectivity index (χ1) is 13.9. The lowest BCUT2D eigenvalue weighted by molar-refractivity contribution is -0.118. The molecule has 0 N–H and O–H groups in total. The van der Waals surface area contributed by atoms with Gasteiger partial charge in [0.2, 0.25) is 5.91 Å². The van der Waals surface area contributed by atoms with Crippen molar-refractivity contribution < 1.29 is 14.3 Å². The van der Waals surface area contributed by atoms with Gasteiger partial charge in [-0.3, -0.25) is 19.1 Å². The molecule has 3 aromatic rings. The number of halogens is 1. The molecule has 0 spiro atoms. The molecule has 0 saturated carbocycles. The third-order valence-corrected chi connectivity index (χ3v) is 6.45. The molecule has 0 unspecified atom stereocenters. The summed E-state index contributed by atoms with van der Waals surface area (Å²) in [6.45, 7) is 0. The summed E-state index contributed by atoms with van der Waals surface area (Å²) in [5, 5.41) is 0.584. The van der Waals surface area contributed by atoms with E-state index >= 15 is 0 Å². The summed E-state index contributed by atoms with van der Waals surface area (Å²) in [5.41, 5.74) is 1.58. The van der Waals surface area contributed by atoms with Crippen molar-refractivity contribution in [3.8, 4) is 11.5 Å². The van der Waals surface area contributed by atoms with E-state index in [1.165, 1.54) is 4.57 Å². The number of hydrogen-bond donors (Lipinski definition) is 0. The molecule has 29 heavy (non-hydrogen) atoms. The van der Waals surface area contributed by atoms with Crippen molar-refractivity contribution in [2.24, 2.45) is 7.05 Å². The highest BCUT2D eigenvalue weighted by molar-refractivity contribution is 7.10. The summed E-state index contributed by atoms with van der Waals surface area (Å²) in [4.78, 5) is 28.0. The second-order valence-electron chi connectivity index (χ2n) is 6.69. The summed E-state index contributed by atoms with van der Waals surface area (Å²) < 4.78 is 12.3. The minimum atomic E-state index is -0.236. The fourth-order valence-electron chi connectivity index (χ4n) is 3.62. The molecule has 0 saturated heterocycles. The van der Waals surface area contributed by atoms with Crippen LogP contribution in [0.15, 0.2) is 47.3 Å². The Balaban J connectivity index is 1.86. The monoisotopic (exact) mass is 430 g/mol. The van der Waals surface area contributed by atoms with Gasteiger partial charge in [0.25, 0.3) is 0 Å². The average molecular weight is 431 g/mol. The first-order valence-corrected chi connectivity index (χ1v) is 10.1. The average Bonchev–Trinajstić information content (AvgIpc) is 3.02. The summed E-state index contributed by atoms with van der Waals surface area (Å²) in [7, 11) is 4.83. The molecule has 1 aliphatic rings. The maximum absolute atomic E-state index is 13.2. The summed E-state index contributed by atoms with van der Waals surface area (Å²) in [6, 6.07) is 12.6. The molecule has 0 bridgehead atoms. The van der Waals surface area contributed by atoms with Gasteiger partial charge >= 0.3 is 4.87 Å². The largest absolute Gasteiger partial charge is 0.493 e. The molecule has 2 heterocycles. The number of nitrogens with zero attached hydrogens (tertiary/aromatic N) is 2. The summed E-state index contributed by atoms with van der Waals surface area (Å²) in [6.07, 6.45) is 0.241. The lowest BCUT2D eigenvalue weighted by atomic mass is 9.90. The summed E-state index contributed by atoms with van der Waals surface area (Å²) >= 11 is 7.16. The van der Waals surface area contributed by atoms with Gasteiger partial charge in [-0.05, 0) is 42.0 Å². The van der Waals surface area contributed by atoms with Gasteiger partial charge in [0.1, 0.15) is 5.82 Å². The molecule has 6 nitrogen and oxygen atoms in total. The van der Waals surface area contributed by atoms with Crippen molar-refractivity contribution in [2.45, 2.75) is 12.3 Å². The zero-order valence-corrected chi connectivity index (χ0v) is 17.7. The number of aromatic nitrogens is 1. The van der Waals surface area contributed by atoms with E-state index in [2.05, 4.69) is 0 Å². The van der Waals surface area contributed by atoms with Crippen LogP contribution in [-0.2, 0) is 11.8 Å². The number of carbonyl (C=O) groups is 1. The first kappa shape index (κ1) is 19.5. The van der Waals surface area contributed by atoms with Gasteiger partial charge in [-0.25, -0.2) is 0 Å². The molecule has 150 valence electrons. The van der Waals surface area contributed by atoms with Crippen LogP contribution in [0.25, 0.3) is 0 Å². The van der Waals surface area contributed by atoms with Crippen molar-refractivity contribution in [1.82, 2.24) is 4.57 Å². The highest BCUT2D eigenvalue weighted by Gasteiger charge is 2.37. The highest BCUT2D eigenvalue weighted by Crippen LogP contribution is 2.45.